The average molecular weight is 258 g/mol. The van der Waals surface area contributed by atoms with Gasteiger partial charge in [-0.1, -0.05) is 18.2 Å². The fourth-order valence-electron chi connectivity index (χ4n) is 1.30. The molecule has 0 aliphatic rings. The van der Waals surface area contributed by atoms with Crippen molar-refractivity contribution in [2.75, 3.05) is 13.7 Å². The van der Waals surface area contributed by atoms with Gasteiger partial charge in [0.05, 0.1) is 12.4 Å². The Labute approximate surface area is 102 Å². The zero-order valence-corrected chi connectivity index (χ0v) is 10.8. The van der Waals surface area contributed by atoms with Crippen LogP contribution < -0.4 is 15.2 Å². The molecule has 0 saturated carbocycles. The fraction of sp³-hybridized carbons (Fsp3) is 0.455. The molecular formula is C11H18N2O3S. The number of hydrogen-bond acceptors (Lipinski definition) is 4. The number of rotatable bonds is 6. The van der Waals surface area contributed by atoms with Gasteiger partial charge in [-0.2, -0.15) is 0 Å². The molecular weight excluding hydrogens is 240 g/mol. The lowest BCUT2D eigenvalue weighted by atomic mass is 10.2. The maximum Gasteiger partial charge on any atom is 0.215 e. The average Bonchev–Trinajstić information content (AvgIpc) is 2.35. The number of methoxy groups -OCH3 is 1. The van der Waals surface area contributed by atoms with Crippen LogP contribution in [0, 0.1) is 0 Å². The number of para-hydroxylation sites is 1. The first-order chi connectivity index (χ1) is 8.01. The molecule has 0 radical (unpaired) electrons. The maximum absolute atomic E-state index is 11.7. The number of nitrogens with two attached hydrogens (primary N) is 1. The summed E-state index contributed by atoms with van der Waals surface area (Å²) in [5.74, 6) is 0.663. The summed E-state index contributed by atoms with van der Waals surface area (Å²) in [7, 11) is -1.81. The second kappa shape index (κ2) is 6.00. The zero-order valence-electron chi connectivity index (χ0n) is 10.0. The summed E-state index contributed by atoms with van der Waals surface area (Å²) in [6.45, 7) is 1.88. The Morgan fingerprint density at radius 1 is 1.41 bits per heavy atom. The predicted molar refractivity (Wildman–Crippen MR) is 67.3 cm³/mol. The Morgan fingerprint density at radius 2 is 2.06 bits per heavy atom. The van der Waals surface area contributed by atoms with Gasteiger partial charge in [-0.25, -0.2) is 13.1 Å². The molecule has 0 spiro atoms. The summed E-state index contributed by atoms with van der Waals surface area (Å²) in [4.78, 5) is 0. The van der Waals surface area contributed by atoms with E-state index < -0.39 is 15.3 Å². The molecule has 0 fully saturated rings. The topological polar surface area (TPSA) is 81.4 Å². The molecule has 0 saturated heterocycles. The highest BCUT2D eigenvalue weighted by Crippen LogP contribution is 2.17. The highest BCUT2D eigenvalue weighted by molar-refractivity contribution is 7.90. The van der Waals surface area contributed by atoms with Crippen LogP contribution in [0.3, 0.4) is 0 Å². The van der Waals surface area contributed by atoms with Crippen LogP contribution in [0.4, 0.5) is 0 Å². The maximum atomic E-state index is 11.7. The van der Waals surface area contributed by atoms with Crippen LogP contribution in [0.1, 0.15) is 12.5 Å². The van der Waals surface area contributed by atoms with Gasteiger partial charge in [0.2, 0.25) is 10.0 Å². The van der Waals surface area contributed by atoms with Crippen LogP contribution in [-0.2, 0) is 16.6 Å². The van der Waals surface area contributed by atoms with E-state index in [0.717, 1.165) is 5.56 Å². The van der Waals surface area contributed by atoms with Crippen molar-refractivity contribution in [2.24, 2.45) is 5.73 Å². The van der Waals surface area contributed by atoms with Crippen molar-refractivity contribution in [2.45, 2.75) is 18.7 Å². The molecule has 0 heterocycles. The zero-order chi connectivity index (χ0) is 12.9. The lowest BCUT2D eigenvalue weighted by Crippen LogP contribution is -2.36. The van der Waals surface area contributed by atoms with Crippen molar-refractivity contribution < 1.29 is 13.2 Å². The molecule has 0 aromatic heterocycles. The van der Waals surface area contributed by atoms with Gasteiger partial charge < -0.3 is 10.5 Å². The Morgan fingerprint density at radius 3 is 2.65 bits per heavy atom. The number of sulfonamides is 1. The SMILES string of the molecule is COc1ccccc1CNS(=O)(=O)C(C)CN. The summed E-state index contributed by atoms with van der Waals surface area (Å²) in [5.41, 5.74) is 6.13. The lowest BCUT2D eigenvalue weighted by molar-refractivity contribution is 0.409. The summed E-state index contributed by atoms with van der Waals surface area (Å²) in [5, 5.41) is -0.600. The first-order valence-electron chi connectivity index (χ1n) is 5.31. The van der Waals surface area contributed by atoms with Crippen molar-refractivity contribution in [1.29, 1.82) is 0 Å². The minimum absolute atomic E-state index is 0.0985. The van der Waals surface area contributed by atoms with E-state index in [2.05, 4.69) is 4.72 Å². The van der Waals surface area contributed by atoms with Gasteiger partial charge in [-0.05, 0) is 13.0 Å². The van der Waals surface area contributed by atoms with Gasteiger partial charge >= 0.3 is 0 Å². The summed E-state index contributed by atoms with van der Waals surface area (Å²) >= 11 is 0. The van der Waals surface area contributed by atoms with Crippen molar-refractivity contribution >= 4 is 10.0 Å². The predicted octanol–water partition coefficient (Wildman–Crippen LogP) is 0.462. The molecule has 1 aromatic rings. The molecule has 1 rings (SSSR count). The molecule has 0 aliphatic heterocycles. The third-order valence-electron chi connectivity index (χ3n) is 2.52. The molecule has 3 N–H and O–H groups in total. The van der Waals surface area contributed by atoms with E-state index in [4.69, 9.17) is 10.5 Å². The smallest absolute Gasteiger partial charge is 0.215 e. The van der Waals surface area contributed by atoms with Crippen molar-refractivity contribution in [3.05, 3.63) is 29.8 Å². The summed E-state index contributed by atoms with van der Waals surface area (Å²) < 4.78 is 31.1. The standard InChI is InChI=1S/C11H18N2O3S/c1-9(7-12)17(14,15)13-8-10-5-3-4-6-11(10)16-2/h3-6,9,13H,7-8,12H2,1-2H3. The monoisotopic (exact) mass is 258 g/mol. The minimum Gasteiger partial charge on any atom is -0.496 e. The third-order valence-corrected chi connectivity index (χ3v) is 4.32. The van der Waals surface area contributed by atoms with E-state index in [9.17, 15) is 8.42 Å². The van der Waals surface area contributed by atoms with Crippen LogP contribution >= 0.6 is 0 Å². The third kappa shape index (κ3) is 3.69. The van der Waals surface area contributed by atoms with Gasteiger partial charge in [0.1, 0.15) is 5.75 Å². The number of ether oxygens (including phenoxy) is 1. The minimum atomic E-state index is -3.36. The molecule has 0 amide bonds. The molecule has 5 nitrogen and oxygen atoms in total. The van der Waals surface area contributed by atoms with E-state index in [0.29, 0.717) is 5.75 Å². The Kier molecular flexibility index (Phi) is 4.92. The van der Waals surface area contributed by atoms with Gasteiger partial charge in [0.25, 0.3) is 0 Å². The fourth-order valence-corrected chi connectivity index (χ4v) is 2.19. The van der Waals surface area contributed by atoms with E-state index in [1.807, 2.05) is 18.2 Å². The van der Waals surface area contributed by atoms with Crippen LogP contribution in [0.5, 0.6) is 5.75 Å². The Hall–Kier alpha value is -1.11. The highest BCUT2D eigenvalue weighted by Gasteiger charge is 2.18. The van der Waals surface area contributed by atoms with Crippen LogP contribution in [0.2, 0.25) is 0 Å². The van der Waals surface area contributed by atoms with Crippen LogP contribution in [-0.4, -0.2) is 27.3 Å². The van der Waals surface area contributed by atoms with Crippen molar-refractivity contribution in [3.8, 4) is 5.75 Å². The highest BCUT2D eigenvalue weighted by atomic mass is 32.2. The lowest BCUT2D eigenvalue weighted by Gasteiger charge is -2.13. The molecule has 6 heteroatoms. The quantitative estimate of drug-likeness (QED) is 0.777. The van der Waals surface area contributed by atoms with Crippen molar-refractivity contribution in [3.63, 3.8) is 0 Å². The van der Waals surface area contributed by atoms with Gasteiger partial charge in [0.15, 0.2) is 0 Å². The molecule has 1 aromatic carbocycles. The number of hydrogen-bond donors (Lipinski definition) is 2. The van der Waals surface area contributed by atoms with Gasteiger partial charge in [-0.15, -0.1) is 0 Å². The normalized spacial score (nSPS) is 13.4. The van der Waals surface area contributed by atoms with Crippen LogP contribution in [0.15, 0.2) is 24.3 Å². The van der Waals surface area contributed by atoms with Crippen LogP contribution in [0.25, 0.3) is 0 Å². The Balaban J connectivity index is 2.74. The molecule has 1 unspecified atom stereocenters. The van der Waals surface area contributed by atoms with Gasteiger partial charge in [0, 0.05) is 18.7 Å². The first-order valence-corrected chi connectivity index (χ1v) is 6.86. The van der Waals surface area contributed by atoms with E-state index in [1.54, 1.807) is 20.1 Å². The summed E-state index contributed by atoms with van der Waals surface area (Å²) in [6, 6.07) is 7.27. The summed E-state index contributed by atoms with van der Waals surface area (Å²) in [6.07, 6.45) is 0. The second-order valence-corrected chi connectivity index (χ2v) is 5.91. The first kappa shape index (κ1) is 14.0. The molecule has 0 bridgehead atoms. The van der Waals surface area contributed by atoms with E-state index in [-0.39, 0.29) is 13.1 Å². The molecule has 1 atom stereocenters. The molecule has 17 heavy (non-hydrogen) atoms. The Bertz CT molecular complexity index is 460. The van der Waals surface area contributed by atoms with Crippen molar-refractivity contribution in [1.82, 2.24) is 4.72 Å². The van der Waals surface area contributed by atoms with E-state index >= 15 is 0 Å². The van der Waals surface area contributed by atoms with Gasteiger partial charge in [-0.3, -0.25) is 0 Å². The largest absolute Gasteiger partial charge is 0.496 e. The second-order valence-electron chi connectivity index (χ2n) is 3.72. The van der Waals surface area contributed by atoms with E-state index in [1.165, 1.54) is 0 Å². The number of benzene rings is 1. The molecule has 96 valence electrons. The number of nitrogens with one attached hydrogen (secondary N) is 1. The molecule has 0 aliphatic carbocycles.